The summed E-state index contributed by atoms with van der Waals surface area (Å²) in [6.45, 7) is 3.85. The molecule has 0 radical (unpaired) electrons. The van der Waals surface area contributed by atoms with E-state index in [9.17, 15) is 8.42 Å². The normalized spacial score (nSPS) is 21.9. The molecule has 1 heterocycles. The molecule has 5 heteroatoms. The molecule has 1 aliphatic rings. The van der Waals surface area contributed by atoms with Gasteiger partial charge in [-0.05, 0) is 24.4 Å². The molecule has 0 aromatic heterocycles. The number of benzene rings is 1. The molecule has 1 saturated heterocycles. The summed E-state index contributed by atoms with van der Waals surface area (Å²) in [4.78, 5) is 0. The monoisotopic (exact) mass is 268 g/mol. The topological polar surface area (TPSA) is 58.2 Å². The molecule has 1 aromatic carbocycles. The second kappa shape index (κ2) is 5.82. The summed E-state index contributed by atoms with van der Waals surface area (Å²) in [6, 6.07) is 9.96. The van der Waals surface area contributed by atoms with Crippen molar-refractivity contribution in [2.75, 3.05) is 19.6 Å². The third kappa shape index (κ3) is 3.31. The maximum Gasteiger partial charge on any atom is 0.215 e. The quantitative estimate of drug-likeness (QED) is 0.840. The van der Waals surface area contributed by atoms with Crippen molar-refractivity contribution in [3.05, 3.63) is 35.9 Å². The zero-order valence-electron chi connectivity index (χ0n) is 10.6. The average molecular weight is 268 g/mol. The highest BCUT2D eigenvalue weighted by molar-refractivity contribution is 7.90. The minimum absolute atomic E-state index is 0.190. The molecule has 2 rings (SSSR count). The van der Waals surface area contributed by atoms with Gasteiger partial charge in [-0.25, -0.2) is 13.1 Å². The van der Waals surface area contributed by atoms with Gasteiger partial charge in [0.25, 0.3) is 0 Å². The number of rotatable bonds is 5. The number of nitrogens with one attached hydrogen (secondary N) is 2. The summed E-state index contributed by atoms with van der Waals surface area (Å²) >= 11 is 0. The summed E-state index contributed by atoms with van der Waals surface area (Å²) in [7, 11) is -3.18. The van der Waals surface area contributed by atoms with E-state index in [1.807, 2.05) is 37.3 Å². The van der Waals surface area contributed by atoms with Crippen molar-refractivity contribution in [3.63, 3.8) is 0 Å². The molecule has 18 heavy (non-hydrogen) atoms. The van der Waals surface area contributed by atoms with Gasteiger partial charge in [-0.2, -0.15) is 0 Å². The van der Waals surface area contributed by atoms with E-state index < -0.39 is 10.0 Å². The second-order valence-corrected chi connectivity index (χ2v) is 6.87. The van der Waals surface area contributed by atoms with Gasteiger partial charge in [0.1, 0.15) is 0 Å². The zero-order valence-corrected chi connectivity index (χ0v) is 11.4. The van der Waals surface area contributed by atoms with E-state index in [0.717, 1.165) is 12.1 Å². The first-order valence-corrected chi connectivity index (χ1v) is 7.88. The molecule has 0 saturated carbocycles. The van der Waals surface area contributed by atoms with Crippen LogP contribution < -0.4 is 10.0 Å². The van der Waals surface area contributed by atoms with Crippen LogP contribution in [-0.2, 0) is 10.0 Å². The molecule has 2 N–H and O–H groups in total. The molecule has 100 valence electrons. The molecule has 4 nitrogen and oxygen atoms in total. The summed E-state index contributed by atoms with van der Waals surface area (Å²) in [5.74, 6) is 0.190. The van der Waals surface area contributed by atoms with E-state index in [0.29, 0.717) is 19.5 Å². The van der Waals surface area contributed by atoms with Crippen LogP contribution in [0.25, 0.3) is 0 Å². The number of hydrogen-bond acceptors (Lipinski definition) is 3. The molecule has 2 atom stereocenters. The SMILES string of the molecule is CC(CNS(=O)(=O)C1CCNC1)c1ccccc1. The summed E-state index contributed by atoms with van der Waals surface area (Å²) in [5, 5.41) is 2.80. The lowest BCUT2D eigenvalue weighted by Gasteiger charge is -2.16. The highest BCUT2D eigenvalue weighted by Gasteiger charge is 2.28. The van der Waals surface area contributed by atoms with Crippen molar-refractivity contribution in [2.24, 2.45) is 0 Å². The fourth-order valence-corrected chi connectivity index (χ4v) is 3.63. The molecule has 0 bridgehead atoms. The van der Waals surface area contributed by atoms with E-state index >= 15 is 0 Å². The van der Waals surface area contributed by atoms with Crippen LogP contribution in [-0.4, -0.2) is 33.3 Å². The zero-order chi connectivity index (χ0) is 13.0. The lowest BCUT2D eigenvalue weighted by Crippen LogP contribution is -2.37. The Balaban J connectivity index is 1.91. The second-order valence-electron chi connectivity index (χ2n) is 4.82. The highest BCUT2D eigenvalue weighted by atomic mass is 32.2. The summed E-state index contributed by atoms with van der Waals surface area (Å²) in [6.07, 6.45) is 0.703. The van der Waals surface area contributed by atoms with Crippen molar-refractivity contribution >= 4 is 10.0 Å². The largest absolute Gasteiger partial charge is 0.315 e. The Bertz CT molecular complexity index is 467. The van der Waals surface area contributed by atoms with Crippen molar-refractivity contribution in [3.8, 4) is 0 Å². The van der Waals surface area contributed by atoms with Crippen LogP contribution in [0.4, 0.5) is 0 Å². The van der Waals surface area contributed by atoms with Crippen LogP contribution in [0.15, 0.2) is 30.3 Å². The van der Waals surface area contributed by atoms with E-state index in [1.54, 1.807) is 0 Å². The fourth-order valence-electron chi connectivity index (χ4n) is 2.15. The maximum absolute atomic E-state index is 12.0. The van der Waals surface area contributed by atoms with Crippen LogP contribution in [0, 0.1) is 0 Å². The van der Waals surface area contributed by atoms with Crippen LogP contribution in [0.3, 0.4) is 0 Å². The molecule has 0 spiro atoms. The van der Waals surface area contributed by atoms with Gasteiger partial charge in [0, 0.05) is 13.1 Å². The van der Waals surface area contributed by atoms with Gasteiger partial charge in [-0.1, -0.05) is 37.3 Å². The summed E-state index contributed by atoms with van der Waals surface area (Å²) in [5.41, 5.74) is 1.16. The van der Waals surface area contributed by atoms with Crippen molar-refractivity contribution in [1.82, 2.24) is 10.0 Å². The van der Waals surface area contributed by atoms with Crippen LogP contribution >= 0.6 is 0 Å². The first kappa shape index (κ1) is 13.5. The minimum Gasteiger partial charge on any atom is -0.315 e. The molecule has 1 fully saturated rings. The van der Waals surface area contributed by atoms with E-state index in [-0.39, 0.29) is 11.2 Å². The Kier molecular flexibility index (Phi) is 4.37. The van der Waals surface area contributed by atoms with Gasteiger partial charge in [0.15, 0.2) is 0 Å². The Labute approximate surface area is 109 Å². The average Bonchev–Trinajstić information content (AvgIpc) is 2.92. The van der Waals surface area contributed by atoms with E-state index in [4.69, 9.17) is 0 Å². The van der Waals surface area contributed by atoms with Crippen molar-refractivity contribution < 1.29 is 8.42 Å². The minimum atomic E-state index is -3.18. The first-order valence-electron chi connectivity index (χ1n) is 6.34. The third-order valence-corrected chi connectivity index (χ3v) is 5.26. The van der Waals surface area contributed by atoms with Gasteiger partial charge in [0.2, 0.25) is 10.0 Å². The smallest absolute Gasteiger partial charge is 0.215 e. The Morgan fingerprint density at radius 3 is 2.72 bits per heavy atom. The fraction of sp³-hybridized carbons (Fsp3) is 0.538. The van der Waals surface area contributed by atoms with Gasteiger partial charge in [-0.15, -0.1) is 0 Å². The lowest BCUT2D eigenvalue weighted by atomic mass is 10.0. The lowest BCUT2D eigenvalue weighted by molar-refractivity contribution is 0.562. The van der Waals surface area contributed by atoms with Crippen LogP contribution in [0.5, 0.6) is 0 Å². The molecule has 0 aliphatic carbocycles. The van der Waals surface area contributed by atoms with E-state index in [1.165, 1.54) is 0 Å². The molecule has 2 unspecified atom stereocenters. The van der Waals surface area contributed by atoms with Gasteiger partial charge >= 0.3 is 0 Å². The molecular formula is C13H20N2O2S. The standard InChI is InChI=1S/C13H20N2O2S/c1-11(12-5-3-2-4-6-12)9-15-18(16,17)13-7-8-14-10-13/h2-6,11,13-15H,7-10H2,1H3. The predicted octanol–water partition coefficient (Wildman–Crippen LogP) is 1.07. The molecule has 1 aliphatic heterocycles. The van der Waals surface area contributed by atoms with Gasteiger partial charge < -0.3 is 5.32 Å². The van der Waals surface area contributed by atoms with Crippen LogP contribution in [0.1, 0.15) is 24.8 Å². The third-order valence-electron chi connectivity index (χ3n) is 3.41. The Morgan fingerprint density at radius 1 is 1.39 bits per heavy atom. The molecule has 0 amide bonds. The van der Waals surface area contributed by atoms with E-state index in [2.05, 4.69) is 10.0 Å². The number of hydrogen-bond donors (Lipinski definition) is 2. The highest BCUT2D eigenvalue weighted by Crippen LogP contribution is 2.15. The molecule has 1 aromatic rings. The maximum atomic E-state index is 12.0. The van der Waals surface area contributed by atoms with Crippen molar-refractivity contribution in [2.45, 2.75) is 24.5 Å². The number of sulfonamides is 1. The Hall–Kier alpha value is -0.910. The van der Waals surface area contributed by atoms with Crippen molar-refractivity contribution in [1.29, 1.82) is 0 Å². The summed E-state index contributed by atoms with van der Waals surface area (Å²) < 4.78 is 26.8. The predicted molar refractivity (Wildman–Crippen MR) is 73.1 cm³/mol. The Morgan fingerprint density at radius 2 is 2.11 bits per heavy atom. The first-order chi connectivity index (χ1) is 8.59. The van der Waals surface area contributed by atoms with Gasteiger partial charge in [0.05, 0.1) is 5.25 Å². The van der Waals surface area contributed by atoms with Gasteiger partial charge in [-0.3, -0.25) is 0 Å². The van der Waals surface area contributed by atoms with Crippen LogP contribution in [0.2, 0.25) is 0 Å². The molecular weight excluding hydrogens is 248 g/mol.